The molecule has 3 nitrogen and oxygen atoms in total. The number of esters is 1. The third-order valence-electron chi connectivity index (χ3n) is 2.24. The lowest BCUT2D eigenvalue weighted by Gasteiger charge is -2.01. The van der Waals surface area contributed by atoms with E-state index in [1.165, 1.54) is 7.11 Å². The van der Waals surface area contributed by atoms with Gasteiger partial charge in [0.05, 0.1) is 7.11 Å². The molecule has 0 spiro atoms. The van der Waals surface area contributed by atoms with E-state index in [0.29, 0.717) is 6.42 Å². The number of unbranched alkanes of at least 4 members (excludes halogenated alkanes) is 1. The number of nitrogens with zero attached hydrogens (tertiary/aromatic N) is 1. The summed E-state index contributed by atoms with van der Waals surface area (Å²) in [5.74, 6) is -0.132. The highest BCUT2D eigenvalue weighted by Gasteiger charge is 2.00. The minimum absolute atomic E-state index is 0.132. The maximum absolute atomic E-state index is 10.8. The van der Waals surface area contributed by atoms with Gasteiger partial charge in [0, 0.05) is 17.8 Å². The SMILES string of the molecule is COC(=O)CCCCc1cccc(C)n1. The number of hydrogen-bond acceptors (Lipinski definition) is 3. The predicted molar refractivity (Wildman–Crippen MR) is 58.5 cm³/mol. The average molecular weight is 207 g/mol. The second-order valence-corrected chi connectivity index (χ2v) is 3.55. The molecule has 0 saturated carbocycles. The second kappa shape index (κ2) is 6.17. The Morgan fingerprint density at radius 3 is 2.87 bits per heavy atom. The number of ether oxygens (including phenoxy) is 1. The lowest BCUT2D eigenvalue weighted by atomic mass is 10.1. The maximum Gasteiger partial charge on any atom is 0.305 e. The average Bonchev–Trinajstić information content (AvgIpc) is 2.24. The number of aromatic nitrogens is 1. The molecule has 0 fully saturated rings. The molecule has 15 heavy (non-hydrogen) atoms. The Morgan fingerprint density at radius 2 is 2.20 bits per heavy atom. The first-order valence-electron chi connectivity index (χ1n) is 5.21. The van der Waals surface area contributed by atoms with Gasteiger partial charge in [0.15, 0.2) is 0 Å². The number of methoxy groups -OCH3 is 1. The molecule has 1 rings (SSSR count). The zero-order valence-corrected chi connectivity index (χ0v) is 9.32. The highest BCUT2D eigenvalue weighted by atomic mass is 16.5. The lowest BCUT2D eigenvalue weighted by molar-refractivity contribution is -0.140. The summed E-state index contributed by atoms with van der Waals surface area (Å²) < 4.78 is 4.57. The molecule has 1 aromatic rings. The summed E-state index contributed by atoms with van der Waals surface area (Å²) in [7, 11) is 1.42. The molecule has 0 N–H and O–H groups in total. The molecule has 0 aliphatic rings. The van der Waals surface area contributed by atoms with E-state index < -0.39 is 0 Å². The molecule has 1 heterocycles. The predicted octanol–water partition coefficient (Wildman–Crippen LogP) is 2.28. The molecule has 1 aromatic heterocycles. The fourth-order valence-electron chi connectivity index (χ4n) is 1.42. The Balaban J connectivity index is 2.23. The van der Waals surface area contributed by atoms with Crippen molar-refractivity contribution in [2.75, 3.05) is 7.11 Å². The van der Waals surface area contributed by atoms with Crippen LogP contribution in [0.2, 0.25) is 0 Å². The lowest BCUT2D eigenvalue weighted by Crippen LogP contribution is -2.00. The van der Waals surface area contributed by atoms with Gasteiger partial charge in [0.1, 0.15) is 0 Å². The normalized spacial score (nSPS) is 10.0. The quantitative estimate of drug-likeness (QED) is 0.549. The van der Waals surface area contributed by atoms with Crippen LogP contribution >= 0.6 is 0 Å². The first-order chi connectivity index (χ1) is 7.22. The Morgan fingerprint density at radius 1 is 1.40 bits per heavy atom. The monoisotopic (exact) mass is 207 g/mol. The van der Waals surface area contributed by atoms with Crippen molar-refractivity contribution in [2.24, 2.45) is 0 Å². The van der Waals surface area contributed by atoms with Crippen LogP contribution in [0.25, 0.3) is 0 Å². The van der Waals surface area contributed by atoms with Crippen molar-refractivity contribution >= 4 is 5.97 Å². The van der Waals surface area contributed by atoms with Crippen molar-refractivity contribution in [3.05, 3.63) is 29.6 Å². The van der Waals surface area contributed by atoms with E-state index in [9.17, 15) is 4.79 Å². The third-order valence-corrected chi connectivity index (χ3v) is 2.24. The number of carbonyl (C=O) groups is 1. The Labute approximate surface area is 90.5 Å². The molecule has 0 atom stereocenters. The molecule has 0 aliphatic heterocycles. The van der Waals surface area contributed by atoms with E-state index in [0.717, 1.165) is 30.7 Å². The van der Waals surface area contributed by atoms with Crippen molar-refractivity contribution in [1.82, 2.24) is 4.98 Å². The maximum atomic E-state index is 10.8. The minimum Gasteiger partial charge on any atom is -0.469 e. The molecule has 3 heteroatoms. The highest BCUT2D eigenvalue weighted by Crippen LogP contribution is 2.05. The Bertz CT molecular complexity index is 323. The summed E-state index contributed by atoms with van der Waals surface area (Å²) in [6.07, 6.45) is 3.27. The van der Waals surface area contributed by atoms with Crippen LogP contribution in [0.15, 0.2) is 18.2 Å². The van der Waals surface area contributed by atoms with Gasteiger partial charge in [-0.25, -0.2) is 0 Å². The zero-order chi connectivity index (χ0) is 11.1. The van der Waals surface area contributed by atoms with E-state index in [-0.39, 0.29) is 5.97 Å². The summed E-state index contributed by atoms with van der Waals surface area (Å²) in [6, 6.07) is 6.01. The second-order valence-electron chi connectivity index (χ2n) is 3.55. The molecule has 0 unspecified atom stereocenters. The van der Waals surface area contributed by atoms with Crippen LogP contribution < -0.4 is 0 Å². The Kier molecular flexibility index (Phi) is 4.81. The van der Waals surface area contributed by atoms with Gasteiger partial charge >= 0.3 is 5.97 Å². The molecule has 0 amide bonds. The van der Waals surface area contributed by atoms with Gasteiger partial charge in [-0.3, -0.25) is 9.78 Å². The van der Waals surface area contributed by atoms with Gasteiger partial charge in [0.2, 0.25) is 0 Å². The molecular formula is C12H17NO2. The van der Waals surface area contributed by atoms with Crippen molar-refractivity contribution in [3.63, 3.8) is 0 Å². The fraction of sp³-hybridized carbons (Fsp3) is 0.500. The van der Waals surface area contributed by atoms with Crippen LogP contribution in [0, 0.1) is 6.92 Å². The highest BCUT2D eigenvalue weighted by molar-refractivity contribution is 5.68. The number of pyridine rings is 1. The van der Waals surface area contributed by atoms with Gasteiger partial charge in [0.25, 0.3) is 0 Å². The topological polar surface area (TPSA) is 39.2 Å². The summed E-state index contributed by atoms with van der Waals surface area (Å²) in [5.41, 5.74) is 2.14. The van der Waals surface area contributed by atoms with Gasteiger partial charge in [-0.1, -0.05) is 6.07 Å². The van der Waals surface area contributed by atoms with E-state index in [1.807, 2.05) is 25.1 Å². The first-order valence-corrected chi connectivity index (χ1v) is 5.21. The van der Waals surface area contributed by atoms with Gasteiger partial charge in [-0.2, -0.15) is 0 Å². The number of rotatable bonds is 5. The van der Waals surface area contributed by atoms with Crippen LogP contribution in [-0.2, 0) is 16.0 Å². The van der Waals surface area contributed by atoms with Gasteiger partial charge < -0.3 is 4.74 Å². The molecule has 0 aromatic carbocycles. The number of carbonyl (C=O) groups excluding carboxylic acids is 1. The van der Waals surface area contributed by atoms with Gasteiger partial charge in [-0.05, 0) is 38.3 Å². The largest absolute Gasteiger partial charge is 0.469 e. The van der Waals surface area contributed by atoms with Crippen molar-refractivity contribution in [2.45, 2.75) is 32.6 Å². The van der Waals surface area contributed by atoms with E-state index in [4.69, 9.17) is 0 Å². The summed E-state index contributed by atoms with van der Waals surface area (Å²) >= 11 is 0. The summed E-state index contributed by atoms with van der Waals surface area (Å²) in [5, 5.41) is 0. The van der Waals surface area contributed by atoms with Crippen LogP contribution in [0.5, 0.6) is 0 Å². The van der Waals surface area contributed by atoms with E-state index >= 15 is 0 Å². The third kappa shape index (κ3) is 4.58. The van der Waals surface area contributed by atoms with Crippen molar-refractivity contribution < 1.29 is 9.53 Å². The smallest absolute Gasteiger partial charge is 0.305 e. The molecule has 0 saturated heterocycles. The van der Waals surface area contributed by atoms with Gasteiger partial charge in [-0.15, -0.1) is 0 Å². The van der Waals surface area contributed by atoms with Crippen LogP contribution in [0.4, 0.5) is 0 Å². The minimum atomic E-state index is -0.132. The molecular weight excluding hydrogens is 190 g/mol. The van der Waals surface area contributed by atoms with Crippen molar-refractivity contribution in [1.29, 1.82) is 0 Å². The zero-order valence-electron chi connectivity index (χ0n) is 9.32. The molecule has 82 valence electrons. The Hall–Kier alpha value is -1.38. The fourth-order valence-corrected chi connectivity index (χ4v) is 1.42. The molecule has 0 radical (unpaired) electrons. The number of aryl methyl sites for hydroxylation is 2. The summed E-state index contributed by atoms with van der Waals surface area (Å²) in [6.45, 7) is 1.98. The molecule has 0 bridgehead atoms. The number of hydrogen-bond donors (Lipinski definition) is 0. The molecule has 0 aliphatic carbocycles. The summed E-state index contributed by atoms with van der Waals surface area (Å²) in [4.78, 5) is 15.2. The van der Waals surface area contributed by atoms with Crippen molar-refractivity contribution in [3.8, 4) is 0 Å². The first kappa shape index (κ1) is 11.7. The van der Waals surface area contributed by atoms with Crippen LogP contribution in [-0.4, -0.2) is 18.1 Å². The van der Waals surface area contributed by atoms with E-state index in [1.54, 1.807) is 0 Å². The standard InChI is InChI=1S/C12H17NO2/c1-10-6-5-8-11(13-10)7-3-4-9-12(14)15-2/h5-6,8H,3-4,7,9H2,1-2H3. The van der Waals surface area contributed by atoms with Crippen LogP contribution in [0.3, 0.4) is 0 Å². The van der Waals surface area contributed by atoms with E-state index in [2.05, 4.69) is 9.72 Å². The van der Waals surface area contributed by atoms with Crippen LogP contribution in [0.1, 0.15) is 30.7 Å².